The van der Waals surface area contributed by atoms with E-state index in [2.05, 4.69) is 256 Å². The van der Waals surface area contributed by atoms with Crippen LogP contribution in [0, 0.1) is 57.3 Å². The number of amides is 2. The van der Waals surface area contributed by atoms with Gasteiger partial charge in [0.15, 0.2) is 0 Å². The molecule has 5 fully saturated rings. The molecule has 0 aromatic heterocycles. The van der Waals surface area contributed by atoms with Crippen molar-refractivity contribution in [2.24, 2.45) is 40.4 Å². The number of piperidine rings is 5. The second-order valence-electron chi connectivity index (χ2n) is 38.9. The van der Waals surface area contributed by atoms with E-state index < -0.39 is 16.1 Å². The summed E-state index contributed by atoms with van der Waals surface area (Å²) in [5.74, 6) is 8.20. The zero-order valence-electron chi connectivity index (χ0n) is 81.7. The Morgan fingerprint density at radius 1 is 0.394 bits per heavy atom. The fourth-order valence-electron chi connectivity index (χ4n) is 24.7. The summed E-state index contributed by atoms with van der Waals surface area (Å²) >= 11 is 0. The molecule has 15 atom stereocenters. The van der Waals surface area contributed by atoms with Gasteiger partial charge in [0.25, 0.3) is 10.1 Å². The minimum Gasteiger partial charge on any atom is -0.508 e. The number of benzene rings is 10. The first-order valence-corrected chi connectivity index (χ1v) is 50.5. The highest BCUT2D eigenvalue weighted by Gasteiger charge is 2.50. The third-order valence-electron chi connectivity index (χ3n) is 31.4. The molecular weight excluding hydrogens is 1830 g/mol. The Morgan fingerprint density at radius 3 is 0.964 bits per heavy atom. The van der Waals surface area contributed by atoms with Crippen LogP contribution in [0.25, 0.3) is 0 Å². The number of halogens is 5. The summed E-state index contributed by atoms with van der Waals surface area (Å²) in [6.45, 7) is 41.9. The molecule has 5 N–H and O–H groups in total. The maximum absolute atomic E-state index is 12.1. The Morgan fingerprint density at radius 2 is 0.679 bits per heavy atom. The van der Waals surface area contributed by atoms with Crippen LogP contribution in [0.1, 0.15) is 284 Å². The molecule has 0 radical (unpaired) electrons. The number of hydrogen-bond acceptors (Lipinski definition) is 14. The lowest BCUT2D eigenvalue weighted by atomic mass is 9.78. The molecule has 734 valence electrons. The number of carbonyl (C=O) groups excluding carboxylic acids is 3. The number of fused-ring (bicyclic) bond motifs is 15. The summed E-state index contributed by atoms with van der Waals surface area (Å²) in [6.07, 6.45) is 9.65. The number of aromatic hydroxyl groups is 1. The number of nitrogens with two attached hydrogens (primary N) is 1. The highest BCUT2D eigenvalue weighted by atomic mass is 35.5. The number of hydrazone groups is 1. The summed E-state index contributed by atoms with van der Waals surface area (Å²) in [6, 6.07) is 73.8. The van der Waals surface area contributed by atoms with Gasteiger partial charge in [-0.3, -0.25) is 4.55 Å². The third kappa shape index (κ3) is 23.8. The molecule has 10 aromatic rings. The summed E-state index contributed by atoms with van der Waals surface area (Å²) in [5.41, 5.74) is 37.7. The Hall–Kier alpha value is -8.96. The number of aryl methyl sites for hydroxylation is 5. The average molecular weight is 1980 g/mol. The highest BCUT2D eigenvalue weighted by Crippen LogP contribution is 2.59. The Kier molecular flexibility index (Phi) is 38.4. The number of methoxy groups -OCH3 is 1. The second-order valence-corrected chi connectivity index (χ2v) is 40.3. The predicted octanol–water partition coefficient (Wildman–Crippen LogP) is 23.5. The number of esters is 2. The number of likely N-dealkylation sites (N-methyl/N-ethyl adjacent to an activating group) is 5. The van der Waals surface area contributed by atoms with E-state index in [4.69, 9.17) is 15.2 Å². The van der Waals surface area contributed by atoms with E-state index in [0.29, 0.717) is 112 Å². The minimum atomic E-state index is -4.15. The fraction of sp³-hybridized carbons (Fsp3) is 0.439. The van der Waals surface area contributed by atoms with Crippen LogP contribution in [0.2, 0.25) is 0 Å². The number of primary amides is 1. The number of phenols is 1. The van der Waals surface area contributed by atoms with Crippen molar-refractivity contribution in [3.05, 3.63) is 340 Å². The van der Waals surface area contributed by atoms with Crippen LogP contribution in [0.4, 0.5) is 4.79 Å². The van der Waals surface area contributed by atoms with Gasteiger partial charge in [-0.2, -0.15) is 13.5 Å². The van der Waals surface area contributed by atoms with Crippen molar-refractivity contribution in [1.29, 1.82) is 0 Å². The number of carbonyl (C=O) groups is 3. The van der Waals surface area contributed by atoms with Crippen molar-refractivity contribution in [3.63, 3.8) is 0 Å². The molecule has 0 saturated carbocycles. The van der Waals surface area contributed by atoms with Crippen LogP contribution < -0.4 is 11.2 Å². The number of ether oxygens (including phenoxy) is 2. The molecule has 0 bridgehead atoms. The topological polar surface area (TPSA) is 211 Å². The van der Waals surface area contributed by atoms with Crippen molar-refractivity contribution >= 4 is 96.3 Å². The first kappa shape index (κ1) is 108. The molecule has 10 aliphatic rings. The lowest BCUT2D eigenvalue weighted by Crippen LogP contribution is -2.38. The van der Waals surface area contributed by atoms with Crippen molar-refractivity contribution in [3.8, 4) is 5.75 Å². The number of hydrogen-bond donors (Lipinski definition) is 4. The quantitative estimate of drug-likeness (QED) is 0.0273. The lowest BCUT2D eigenvalue weighted by molar-refractivity contribution is 0.0504. The van der Waals surface area contributed by atoms with Gasteiger partial charge in [-0.25, -0.2) is 19.8 Å². The van der Waals surface area contributed by atoms with E-state index >= 15 is 0 Å². The van der Waals surface area contributed by atoms with Crippen molar-refractivity contribution < 1.29 is 41.9 Å². The van der Waals surface area contributed by atoms with E-state index in [1.165, 1.54) is 178 Å². The van der Waals surface area contributed by atoms with Crippen molar-refractivity contribution in [1.82, 2.24) is 29.9 Å². The number of nitrogens with one attached hydrogen (secondary N) is 1. The van der Waals surface area contributed by atoms with Gasteiger partial charge in [0.2, 0.25) is 0 Å². The molecule has 0 unspecified atom stereocenters. The van der Waals surface area contributed by atoms with E-state index in [0.717, 1.165) is 95.8 Å². The Balaban J connectivity index is 0.000000163. The van der Waals surface area contributed by atoms with Crippen LogP contribution in [-0.4, -0.2) is 179 Å². The molecule has 0 spiro atoms. The zero-order chi connectivity index (χ0) is 92.8. The third-order valence-corrected chi connectivity index (χ3v) is 32.3. The number of rotatable bonds is 18. The molecule has 137 heavy (non-hydrogen) atoms. The summed E-state index contributed by atoms with van der Waals surface area (Å²) in [4.78, 5) is 47.5. The maximum Gasteiger partial charge on any atom is 0.338 e. The molecule has 2 amide bonds. The summed E-state index contributed by atoms with van der Waals surface area (Å²) in [7, 11) is -2.72. The molecule has 10 aromatic carbocycles. The van der Waals surface area contributed by atoms with Crippen molar-refractivity contribution in [2.75, 3.05) is 112 Å². The lowest BCUT2D eigenvalue weighted by Gasteiger charge is -2.37. The molecule has 20 rings (SSSR count). The van der Waals surface area contributed by atoms with Gasteiger partial charge >= 0.3 is 18.0 Å². The average Bonchev–Trinajstić information content (AvgIpc) is 1.62. The Bertz CT molecular complexity index is 5880. The summed E-state index contributed by atoms with van der Waals surface area (Å²) < 4.78 is 42.1. The predicted molar refractivity (Wildman–Crippen MR) is 567 cm³/mol. The highest BCUT2D eigenvalue weighted by molar-refractivity contribution is 7.85. The fourth-order valence-corrected chi connectivity index (χ4v) is 25.2. The van der Waals surface area contributed by atoms with Crippen LogP contribution in [0.15, 0.2) is 222 Å². The second kappa shape index (κ2) is 48.5. The molecule has 5 aliphatic carbocycles. The first-order chi connectivity index (χ1) is 63.9. The van der Waals surface area contributed by atoms with Gasteiger partial charge in [0.05, 0.1) is 36.0 Å². The van der Waals surface area contributed by atoms with E-state index in [1.54, 1.807) is 11.8 Å². The van der Waals surface area contributed by atoms with E-state index in [-0.39, 0.29) is 78.9 Å². The van der Waals surface area contributed by atoms with Crippen LogP contribution in [0.3, 0.4) is 0 Å². The van der Waals surface area contributed by atoms with E-state index in [9.17, 15) is 32.5 Å². The largest absolute Gasteiger partial charge is 0.508 e. The standard InChI is InChI=1S/C25H31NO2.C24H29NO2.C23H28N4O.C21H25NO3S.C21H25NO.5ClH/c1-4-14-28-25(27)19-9-7-18(8-10-19)24-21-12-13-26(5-2)16-23(21)20-11-6-17(3)15-22(20)24;1-4-16-6-11-19-21(14-16)23(20-12-13-25(5-2)15-22(19)20)17-7-9-18(10-8-17)24(26)27-3;1-3-27-11-10-19-21(14-27)18-9-4-15(2)12-20(18)22(19)17-7-5-16(6-8-17)13-25-26-23(24)28;1-3-22-11-10-18-20(13-22)17-9-4-14(2)12-19(17)21(18)15-5-7-16(8-6-15)26(23,24)25;1-3-22-11-10-18-20(13-22)17-9-4-14(2)12-19(17)21(18)15-5-7-16(23)8-6-15;;;;;/h6-11,15,21,23-24H,4-5,12-14,16H2,1-3H3;6-11,14,20,22-23H,4-5,12-13,15H2,1-3H3;4-9,12-13,19,21-22H,3,10-11,14H2,1-2H3,(H3,24,26,28);4-9,12,18,20-21H,3,10-11,13H2,1-2H3,(H,23,24,25);4-9,12,18,20-21,23H,3,10-11,13H2,1-2H3;5*1H/t21-,23-,24+;20-,22-,23+;19-,21-,22+;2*18-,20-,21+;;;;;/m11111...../s1. The molecule has 5 heterocycles. The number of urea groups is 1. The van der Waals surface area contributed by atoms with Gasteiger partial charge in [0, 0.05) is 91.9 Å². The Labute approximate surface area is 845 Å². The SMILES string of the molecule is CCCOC(=O)c1ccc([C@@H]2c3cc(C)ccc3[C@H]3CN(CC)CC[C@@H]23)cc1.CCN1CC[C@H]2[C@H](c3ccc(C=NNC(N)=O)cc3)c3cc(C)ccc3[C@H]2C1.CCN1CC[C@H]2[C@H](c3ccc(O)cc3)c3cc(C)ccc3[C@H]2C1.CCN1CC[C@H]2[C@H](c3ccc(S(=O)(=O)O)cc3)c3cc(C)ccc3[C@H]2C1.CCc1ccc2c(c1)[C@@H](c1ccc(C(=O)OC)cc1)[C@@H]1CCN(CC)C[C@H]21.Cl.Cl.Cl.Cl.Cl. The molecular formula is C114H143Cl5N8O9S. The van der Waals surface area contributed by atoms with E-state index in [1.807, 2.05) is 55.5 Å². The number of nitrogens with zero attached hydrogens (tertiary/aromatic N) is 6. The maximum atomic E-state index is 12.1. The van der Waals surface area contributed by atoms with Gasteiger partial charge in [-0.15, -0.1) is 62.0 Å². The van der Waals surface area contributed by atoms with Crippen LogP contribution in [-0.2, 0) is 26.0 Å². The van der Waals surface area contributed by atoms with Gasteiger partial charge in [-0.1, -0.05) is 235 Å². The van der Waals surface area contributed by atoms with Crippen LogP contribution in [0.5, 0.6) is 5.75 Å². The normalized spacial score (nSPS) is 24.0. The van der Waals surface area contributed by atoms with Gasteiger partial charge in [-0.05, 0) is 311 Å². The summed E-state index contributed by atoms with van der Waals surface area (Å²) in [5, 5.41) is 13.5. The number of phenolic OH excluding ortho intramolecular Hbond substituents is 1. The van der Waals surface area contributed by atoms with Gasteiger partial charge < -0.3 is 44.8 Å². The number of likely N-dealkylation sites (tertiary alicyclic amines) is 5. The molecule has 5 aliphatic heterocycles. The molecule has 5 saturated heterocycles. The smallest absolute Gasteiger partial charge is 0.338 e. The minimum absolute atomic E-state index is 0. The zero-order valence-corrected chi connectivity index (χ0v) is 86.6. The molecule has 23 heteroatoms. The van der Waals surface area contributed by atoms with Crippen LogP contribution >= 0.6 is 62.0 Å². The first-order valence-electron chi connectivity index (χ1n) is 49.1. The molecule has 17 nitrogen and oxygen atoms in total. The monoisotopic (exact) mass is 1970 g/mol. The van der Waals surface area contributed by atoms with Crippen molar-refractivity contribution in [2.45, 2.75) is 185 Å². The van der Waals surface area contributed by atoms with Gasteiger partial charge in [0.1, 0.15) is 5.75 Å².